The SMILES string of the molecule is CCOC(=O)c1c(NC(=O)c2cccc(SCC)c2)sc2c1CCC2. The van der Waals surface area contributed by atoms with Gasteiger partial charge in [0.1, 0.15) is 5.00 Å². The minimum atomic E-state index is -0.340. The molecule has 2 aromatic rings. The summed E-state index contributed by atoms with van der Waals surface area (Å²) in [5.74, 6) is 0.423. The van der Waals surface area contributed by atoms with E-state index in [1.165, 1.54) is 16.2 Å². The van der Waals surface area contributed by atoms with Crippen LogP contribution in [-0.4, -0.2) is 24.2 Å². The zero-order chi connectivity index (χ0) is 17.8. The first kappa shape index (κ1) is 18.0. The van der Waals surface area contributed by atoms with Gasteiger partial charge in [-0.05, 0) is 55.7 Å². The van der Waals surface area contributed by atoms with Crippen LogP contribution in [0.1, 0.15) is 51.4 Å². The van der Waals surface area contributed by atoms with Crippen LogP contribution in [0.2, 0.25) is 0 Å². The van der Waals surface area contributed by atoms with Crippen LogP contribution in [0.15, 0.2) is 29.2 Å². The van der Waals surface area contributed by atoms with Crippen LogP contribution in [0.5, 0.6) is 0 Å². The maximum Gasteiger partial charge on any atom is 0.341 e. The molecule has 4 nitrogen and oxygen atoms in total. The topological polar surface area (TPSA) is 55.4 Å². The van der Waals surface area contributed by atoms with Gasteiger partial charge >= 0.3 is 5.97 Å². The Morgan fingerprint density at radius 3 is 2.88 bits per heavy atom. The molecule has 0 fully saturated rings. The van der Waals surface area contributed by atoms with Crippen LogP contribution in [0.3, 0.4) is 0 Å². The Kier molecular flexibility index (Phi) is 5.81. The molecule has 3 rings (SSSR count). The minimum Gasteiger partial charge on any atom is -0.462 e. The third-order valence-electron chi connectivity index (χ3n) is 4.04. The molecule has 0 saturated carbocycles. The third kappa shape index (κ3) is 3.90. The molecule has 0 bridgehead atoms. The molecule has 25 heavy (non-hydrogen) atoms. The highest BCUT2D eigenvalue weighted by Crippen LogP contribution is 2.39. The smallest absolute Gasteiger partial charge is 0.341 e. The van der Waals surface area contributed by atoms with Crippen molar-refractivity contribution in [2.24, 2.45) is 0 Å². The van der Waals surface area contributed by atoms with Crippen LogP contribution in [-0.2, 0) is 17.6 Å². The molecular formula is C19H21NO3S2. The van der Waals surface area contributed by atoms with Gasteiger partial charge in [-0.1, -0.05) is 13.0 Å². The number of fused-ring (bicyclic) bond motifs is 1. The zero-order valence-corrected chi connectivity index (χ0v) is 16.0. The summed E-state index contributed by atoms with van der Waals surface area (Å²) in [5, 5.41) is 3.55. The molecule has 0 saturated heterocycles. The molecule has 0 atom stereocenters. The lowest BCUT2D eigenvalue weighted by molar-refractivity contribution is 0.0527. The monoisotopic (exact) mass is 375 g/mol. The Morgan fingerprint density at radius 2 is 2.12 bits per heavy atom. The number of ether oxygens (including phenoxy) is 1. The van der Waals surface area contributed by atoms with Gasteiger partial charge in [0, 0.05) is 15.3 Å². The van der Waals surface area contributed by atoms with Crippen molar-refractivity contribution in [1.82, 2.24) is 0 Å². The fourth-order valence-electron chi connectivity index (χ4n) is 2.98. The molecule has 1 N–H and O–H groups in total. The van der Waals surface area contributed by atoms with Crippen molar-refractivity contribution in [1.29, 1.82) is 0 Å². The molecule has 0 unspecified atom stereocenters. The first-order chi connectivity index (χ1) is 12.1. The Labute approximate surface area is 156 Å². The predicted molar refractivity (Wildman–Crippen MR) is 103 cm³/mol. The van der Waals surface area contributed by atoms with Crippen LogP contribution in [0.25, 0.3) is 0 Å². The van der Waals surface area contributed by atoms with E-state index in [0.29, 0.717) is 22.7 Å². The van der Waals surface area contributed by atoms with E-state index in [0.717, 1.165) is 35.5 Å². The molecule has 1 aromatic carbocycles. The lowest BCUT2D eigenvalue weighted by Crippen LogP contribution is -2.15. The van der Waals surface area contributed by atoms with Gasteiger partial charge < -0.3 is 10.1 Å². The number of nitrogens with one attached hydrogen (secondary N) is 1. The van der Waals surface area contributed by atoms with Crippen LogP contribution < -0.4 is 5.32 Å². The highest BCUT2D eigenvalue weighted by Gasteiger charge is 2.28. The van der Waals surface area contributed by atoms with E-state index in [1.807, 2.05) is 18.2 Å². The largest absolute Gasteiger partial charge is 0.462 e. The quantitative estimate of drug-likeness (QED) is 0.583. The van der Waals surface area contributed by atoms with E-state index in [4.69, 9.17) is 4.74 Å². The van der Waals surface area contributed by atoms with E-state index in [9.17, 15) is 9.59 Å². The average molecular weight is 376 g/mol. The van der Waals surface area contributed by atoms with Gasteiger partial charge in [-0.2, -0.15) is 0 Å². The molecular weight excluding hydrogens is 354 g/mol. The molecule has 1 amide bonds. The molecule has 1 aromatic heterocycles. The molecule has 0 aliphatic heterocycles. The first-order valence-corrected chi connectivity index (χ1v) is 10.3. The lowest BCUT2D eigenvalue weighted by Gasteiger charge is -2.09. The number of aryl methyl sites for hydroxylation is 1. The van der Waals surface area contributed by atoms with Gasteiger partial charge in [0.25, 0.3) is 5.91 Å². The Morgan fingerprint density at radius 1 is 1.28 bits per heavy atom. The van der Waals surface area contributed by atoms with Crippen molar-refractivity contribution >= 4 is 40.0 Å². The number of rotatable bonds is 6. The van der Waals surface area contributed by atoms with Crippen molar-refractivity contribution in [2.75, 3.05) is 17.7 Å². The molecule has 1 heterocycles. The summed E-state index contributed by atoms with van der Waals surface area (Å²) in [6.07, 6.45) is 2.89. The third-order valence-corrected chi connectivity index (χ3v) is 6.12. The lowest BCUT2D eigenvalue weighted by atomic mass is 10.1. The van der Waals surface area contributed by atoms with E-state index >= 15 is 0 Å². The van der Waals surface area contributed by atoms with Crippen molar-refractivity contribution in [3.8, 4) is 0 Å². The van der Waals surface area contributed by atoms with Gasteiger partial charge in [0.05, 0.1) is 12.2 Å². The Hall–Kier alpha value is -1.79. The highest BCUT2D eigenvalue weighted by atomic mass is 32.2. The molecule has 132 valence electrons. The second-order valence-electron chi connectivity index (χ2n) is 5.70. The number of thiophene rings is 1. The summed E-state index contributed by atoms with van der Waals surface area (Å²) in [4.78, 5) is 27.3. The van der Waals surface area contributed by atoms with Crippen LogP contribution in [0, 0.1) is 0 Å². The number of hydrogen-bond acceptors (Lipinski definition) is 5. The second-order valence-corrected chi connectivity index (χ2v) is 8.14. The summed E-state index contributed by atoms with van der Waals surface area (Å²) in [7, 11) is 0. The van der Waals surface area contributed by atoms with Gasteiger partial charge in [-0.3, -0.25) is 4.79 Å². The number of esters is 1. The van der Waals surface area contributed by atoms with Gasteiger partial charge in [0.2, 0.25) is 0 Å². The van der Waals surface area contributed by atoms with Crippen molar-refractivity contribution in [2.45, 2.75) is 38.0 Å². The summed E-state index contributed by atoms with van der Waals surface area (Å²) >= 11 is 3.20. The molecule has 6 heteroatoms. The normalized spacial score (nSPS) is 12.7. The fourth-order valence-corrected chi connectivity index (χ4v) is 4.97. The maximum atomic E-state index is 12.7. The van der Waals surface area contributed by atoms with Crippen LogP contribution in [0.4, 0.5) is 5.00 Å². The molecule has 1 aliphatic carbocycles. The van der Waals surface area contributed by atoms with Gasteiger partial charge in [-0.25, -0.2) is 4.79 Å². The summed E-state index contributed by atoms with van der Waals surface area (Å²) in [6.45, 7) is 4.20. The van der Waals surface area contributed by atoms with E-state index in [2.05, 4.69) is 12.2 Å². The molecule has 0 spiro atoms. The zero-order valence-electron chi connectivity index (χ0n) is 14.4. The second kappa shape index (κ2) is 8.06. The predicted octanol–water partition coefficient (Wildman–Crippen LogP) is 4.78. The maximum absolute atomic E-state index is 12.7. The summed E-state index contributed by atoms with van der Waals surface area (Å²) in [5.41, 5.74) is 2.20. The number of anilines is 1. The first-order valence-electron chi connectivity index (χ1n) is 8.49. The summed E-state index contributed by atoms with van der Waals surface area (Å²) in [6, 6.07) is 7.55. The standard InChI is InChI=1S/C19H21NO3S2/c1-3-23-19(22)16-14-9-6-10-15(14)25-18(16)20-17(21)12-7-5-8-13(11-12)24-4-2/h5,7-8,11H,3-4,6,9-10H2,1-2H3,(H,20,21). The van der Waals surface area contributed by atoms with E-state index in [-0.39, 0.29) is 11.9 Å². The molecule has 1 aliphatic rings. The fraction of sp³-hybridized carbons (Fsp3) is 0.368. The number of benzene rings is 1. The number of hydrogen-bond donors (Lipinski definition) is 1. The number of carbonyl (C=O) groups is 2. The number of amides is 1. The van der Waals surface area contributed by atoms with Crippen LogP contribution >= 0.6 is 23.1 Å². The van der Waals surface area contributed by atoms with Crippen molar-refractivity contribution in [3.05, 3.63) is 45.8 Å². The minimum absolute atomic E-state index is 0.191. The molecule has 0 radical (unpaired) electrons. The Bertz CT molecular complexity index is 798. The van der Waals surface area contributed by atoms with Crippen molar-refractivity contribution in [3.63, 3.8) is 0 Å². The van der Waals surface area contributed by atoms with E-state index < -0.39 is 0 Å². The Balaban J connectivity index is 1.86. The number of carbonyl (C=O) groups excluding carboxylic acids is 2. The van der Waals surface area contributed by atoms with Gasteiger partial charge in [-0.15, -0.1) is 23.1 Å². The number of thioether (sulfide) groups is 1. The van der Waals surface area contributed by atoms with Crippen molar-refractivity contribution < 1.29 is 14.3 Å². The highest BCUT2D eigenvalue weighted by molar-refractivity contribution is 7.99. The van der Waals surface area contributed by atoms with E-state index in [1.54, 1.807) is 24.8 Å². The average Bonchev–Trinajstić information content (AvgIpc) is 3.16. The summed E-state index contributed by atoms with van der Waals surface area (Å²) < 4.78 is 5.20. The van der Waals surface area contributed by atoms with Gasteiger partial charge in [0.15, 0.2) is 0 Å².